The number of hydrogen-bond acceptors (Lipinski definition) is 8. The molecule has 0 aromatic heterocycles. The highest BCUT2D eigenvalue weighted by Gasteiger charge is 2.32. The van der Waals surface area contributed by atoms with Crippen LogP contribution in [-0.2, 0) is 19.1 Å². The van der Waals surface area contributed by atoms with E-state index in [9.17, 15) is 14.4 Å². The molecule has 2 saturated heterocycles. The number of amidine groups is 1. The lowest BCUT2D eigenvalue weighted by Gasteiger charge is -2.26. The predicted molar refractivity (Wildman–Crippen MR) is 142 cm³/mol. The largest absolute Gasteiger partial charge is 0.484 e. The van der Waals surface area contributed by atoms with E-state index in [0.29, 0.717) is 66.5 Å². The summed E-state index contributed by atoms with van der Waals surface area (Å²) in [5.74, 6) is -0.0375. The van der Waals surface area contributed by atoms with E-state index >= 15 is 0 Å². The van der Waals surface area contributed by atoms with Gasteiger partial charge in [0.1, 0.15) is 5.75 Å². The van der Waals surface area contributed by atoms with Gasteiger partial charge in [-0.1, -0.05) is 18.2 Å². The minimum absolute atomic E-state index is 0.0303. The smallest absolute Gasteiger partial charge is 0.338 e. The summed E-state index contributed by atoms with van der Waals surface area (Å²) < 4.78 is 16.0. The van der Waals surface area contributed by atoms with Crippen LogP contribution in [0.1, 0.15) is 29.8 Å². The lowest BCUT2D eigenvalue weighted by Crippen LogP contribution is -2.42. The number of morpholine rings is 1. The van der Waals surface area contributed by atoms with Gasteiger partial charge in [-0.3, -0.25) is 14.5 Å². The fourth-order valence-corrected chi connectivity index (χ4v) is 4.82. The van der Waals surface area contributed by atoms with Crippen molar-refractivity contribution in [1.82, 2.24) is 9.80 Å². The van der Waals surface area contributed by atoms with Gasteiger partial charge in [0.15, 0.2) is 11.8 Å². The van der Waals surface area contributed by atoms with Gasteiger partial charge >= 0.3 is 5.97 Å². The van der Waals surface area contributed by atoms with Crippen molar-refractivity contribution >= 4 is 46.5 Å². The number of carbonyl (C=O) groups is 3. The first kappa shape index (κ1) is 26.4. The van der Waals surface area contributed by atoms with Crippen LogP contribution in [-0.4, -0.2) is 78.8 Å². The lowest BCUT2D eigenvalue weighted by atomic mass is 10.2. The molecule has 37 heavy (non-hydrogen) atoms. The zero-order chi connectivity index (χ0) is 26.2. The molecule has 0 atom stereocenters. The second kappa shape index (κ2) is 12.6. The summed E-state index contributed by atoms with van der Waals surface area (Å²) in [6.07, 6.45) is 1.80. The van der Waals surface area contributed by atoms with E-state index < -0.39 is 5.97 Å². The molecule has 2 heterocycles. The third kappa shape index (κ3) is 6.78. The van der Waals surface area contributed by atoms with Crippen molar-refractivity contribution < 1.29 is 28.6 Å². The summed E-state index contributed by atoms with van der Waals surface area (Å²) in [7, 11) is 0. The topological polar surface area (TPSA) is 97.7 Å². The molecule has 2 aliphatic rings. The number of nitrogens with zero attached hydrogens (tertiary/aromatic N) is 3. The van der Waals surface area contributed by atoms with Crippen molar-refractivity contribution in [2.75, 3.05) is 46.1 Å². The number of hydrogen-bond donors (Lipinski definition) is 0. The Kier molecular flexibility index (Phi) is 8.97. The molecule has 0 radical (unpaired) electrons. The molecule has 2 aromatic carbocycles. The molecule has 0 saturated carbocycles. The number of likely N-dealkylation sites (N-methyl/N-ethyl adjacent to an activating group) is 1. The number of benzene rings is 2. The normalized spacial score (nSPS) is 17.9. The van der Waals surface area contributed by atoms with E-state index in [4.69, 9.17) is 14.2 Å². The molecule has 2 aromatic rings. The van der Waals surface area contributed by atoms with Crippen LogP contribution in [0.2, 0.25) is 0 Å². The van der Waals surface area contributed by atoms with Crippen LogP contribution < -0.4 is 4.74 Å². The van der Waals surface area contributed by atoms with Crippen LogP contribution in [0.3, 0.4) is 0 Å². The molecule has 10 heteroatoms. The number of carbonyl (C=O) groups excluding carboxylic acids is 3. The van der Waals surface area contributed by atoms with Crippen LogP contribution in [0.4, 0.5) is 5.69 Å². The number of aliphatic imine (C=N–C) groups is 1. The average molecular weight is 524 g/mol. The van der Waals surface area contributed by atoms with Crippen molar-refractivity contribution in [3.05, 3.63) is 64.6 Å². The quantitative estimate of drug-likeness (QED) is 0.384. The number of ether oxygens (including phenoxy) is 3. The van der Waals surface area contributed by atoms with Crippen LogP contribution in [0, 0.1) is 0 Å². The van der Waals surface area contributed by atoms with Gasteiger partial charge in [-0.25, -0.2) is 9.79 Å². The van der Waals surface area contributed by atoms with E-state index in [1.807, 2.05) is 19.1 Å². The van der Waals surface area contributed by atoms with E-state index in [1.54, 1.807) is 59.2 Å². The molecule has 0 bridgehead atoms. The summed E-state index contributed by atoms with van der Waals surface area (Å²) in [6.45, 7) is 6.62. The Hall–Kier alpha value is -3.63. The summed E-state index contributed by atoms with van der Waals surface area (Å²) in [4.78, 5) is 45.8. The first-order valence-corrected chi connectivity index (χ1v) is 13.0. The number of esters is 1. The SMILES string of the molecule is CCOC(=O)c1cccc(N=C2SC(=Cc3ccc(OCC(=O)N4CCOCC4)cc3)C(=O)N2CC)c1. The van der Waals surface area contributed by atoms with Gasteiger partial charge < -0.3 is 19.1 Å². The molecule has 194 valence electrons. The fraction of sp³-hybridized carbons (Fsp3) is 0.333. The molecule has 2 amide bonds. The van der Waals surface area contributed by atoms with Gasteiger partial charge in [0, 0.05) is 19.6 Å². The molecule has 0 spiro atoms. The first-order chi connectivity index (χ1) is 18.0. The van der Waals surface area contributed by atoms with Gasteiger partial charge in [0.2, 0.25) is 0 Å². The maximum absolute atomic E-state index is 13.0. The average Bonchev–Trinajstić information content (AvgIpc) is 3.22. The van der Waals surface area contributed by atoms with Gasteiger partial charge in [0.05, 0.1) is 36.0 Å². The Morgan fingerprint density at radius 3 is 2.57 bits per heavy atom. The Labute approximate surface area is 220 Å². The Morgan fingerprint density at radius 2 is 1.86 bits per heavy atom. The first-order valence-electron chi connectivity index (χ1n) is 12.1. The van der Waals surface area contributed by atoms with Crippen LogP contribution in [0.5, 0.6) is 5.75 Å². The van der Waals surface area contributed by atoms with Gasteiger partial charge in [-0.15, -0.1) is 0 Å². The minimum atomic E-state index is -0.412. The van der Waals surface area contributed by atoms with Gasteiger partial charge in [-0.05, 0) is 67.6 Å². The molecular weight excluding hydrogens is 494 g/mol. The highest BCUT2D eigenvalue weighted by atomic mass is 32.2. The summed E-state index contributed by atoms with van der Waals surface area (Å²) in [5, 5.41) is 0.543. The van der Waals surface area contributed by atoms with Gasteiger partial charge in [-0.2, -0.15) is 0 Å². The van der Waals surface area contributed by atoms with Crippen molar-refractivity contribution in [3.8, 4) is 5.75 Å². The second-order valence-corrected chi connectivity index (χ2v) is 9.19. The summed E-state index contributed by atoms with van der Waals surface area (Å²) in [6, 6.07) is 14.1. The van der Waals surface area contributed by atoms with Crippen LogP contribution in [0.15, 0.2) is 58.4 Å². The van der Waals surface area contributed by atoms with E-state index in [-0.39, 0.29) is 18.4 Å². The standard InChI is InChI=1S/C27H29N3O6S/c1-3-30-25(32)23(37-27(30)28-21-7-5-6-20(17-21)26(33)35-4-2)16-19-8-10-22(11-9-19)36-18-24(31)29-12-14-34-15-13-29/h5-11,16-17H,3-4,12-15,18H2,1-2H3. The van der Waals surface area contributed by atoms with Crippen molar-refractivity contribution in [1.29, 1.82) is 0 Å². The second-order valence-electron chi connectivity index (χ2n) is 8.18. The third-order valence-electron chi connectivity index (χ3n) is 5.69. The highest BCUT2D eigenvalue weighted by molar-refractivity contribution is 8.18. The zero-order valence-electron chi connectivity index (χ0n) is 20.8. The molecular formula is C27H29N3O6S. The highest BCUT2D eigenvalue weighted by Crippen LogP contribution is 2.34. The molecule has 2 fully saturated rings. The third-order valence-corrected chi connectivity index (χ3v) is 6.70. The Morgan fingerprint density at radius 1 is 1.11 bits per heavy atom. The molecule has 2 aliphatic heterocycles. The van der Waals surface area contributed by atoms with Crippen molar-refractivity contribution in [3.63, 3.8) is 0 Å². The monoisotopic (exact) mass is 523 g/mol. The van der Waals surface area contributed by atoms with Gasteiger partial charge in [0.25, 0.3) is 11.8 Å². The predicted octanol–water partition coefficient (Wildman–Crippen LogP) is 3.72. The van der Waals surface area contributed by atoms with Crippen LogP contribution in [0.25, 0.3) is 6.08 Å². The minimum Gasteiger partial charge on any atom is -0.484 e. The number of thioether (sulfide) groups is 1. The molecule has 4 rings (SSSR count). The fourth-order valence-electron chi connectivity index (χ4n) is 3.76. The summed E-state index contributed by atoms with van der Waals surface area (Å²) >= 11 is 1.28. The summed E-state index contributed by atoms with van der Waals surface area (Å²) in [5.41, 5.74) is 1.80. The van der Waals surface area contributed by atoms with E-state index in [2.05, 4.69) is 4.99 Å². The maximum Gasteiger partial charge on any atom is 0.338 e. The van der Waals surface area contributed by atoms with Crippen molar-refractivity contribution in [2.24, 2.45) is 4.99 Å². The maximum atomic E-state index is 13.0. The van der Waals surface area contributed by atoms with Crippen LogP contribution >= 0.6 is 11.8 Å². The van der Waals surface area contributed by atoms with E-state index in [1.165, 1.54) is 11.8 Å². The zero-order valence-corrected chi connectivity index (χ0v) is 21.7. The molecule has 0 N–H and O–H groups in total. The Balaban J connectivity index is 1.43. The Bertz CT molecular complexity index is 1200. The molecule has 9 nitrogen and oxygen atoms in total. The number of amides is 2. The molecule has 0 aliphatic carbocycles. The molecule has 0 unspecified atom stereocenters. The lowest BCUT2D eigenvalue weighted by molar-refractivity contribution is -0.137. The number of rotatable bonds is 8. The van der Waals surface area contributed by atoms with Crippen molar-refractivity contribution in [2.45, 2.75) is 13.8 Å². The van der Waals surface area contributed by atoms with E-state index in [0.717, 1.165) is 5.56 Å².